The molecule has 0 fully saturated rings. The molecule has 0 spiro atoms. The summed E-state index contributed by atoms with van der Waals surface area (Å²) in [6.07, 6.45) is -1.18. The van der Waals surface area contributed by atoms with E-state index in [-0.39, 0.29) is 20.3 Å². The molecule has 6 heteroatoms. The molecule has 0 atom stereocenters. The first kappa shape index (κ1) is 10.5. The van der Waals surface area contributed by atoms with Gasteiger partial charge in [0.05, 0.1) is 0 Å². The summed E-state index contributed by atoms with van der Waals surface area (Å²) in [5, 5.41) is 7.76. The predicted octanol–water partition coefficient (Wildman–Crippen LogP) is -2.23. The first-order chi connectivity index (χ1) is 2.64. The molecule has 0 aliphatic heterocycles. The summed E-state index contributed by atoms with van der Waals surface area (Å²) in [5.41, 5.74) is 0. The van der Waals surface area contributed by atoms with Crippen LogP contribution in [0.3, 0.4) is 0 Å². The van der Waals surface area contributed by atoms with Gasteiger partial charge in [0.15, 0.2) is 0 Å². The molecule has 0 saturated heterocycles. The molecular formula is CH4LiNO2S2. The van der Waals surface area contributed by atoms with E-state index in [1.54, 1.807) is 0 Å². The van der Waals surface area contributed by atoms with Crippen LogP contribution >= 0.6 is 25.6 Å². The first-order valence-electron chi connectivity index (χ1n) is 1.05. The van der Waals surface area contributed by atoms with Crippen molar-refractivity contribution >= 4 is 31.7 Å². The number of hydrogen-bond donors (Lipinski definition) is 3. The van der Waals surface area contributed by atoms with E-state index in [9.17, 15) is 4.79 Å². The Kier molecular flexibility index (Phi) is 7.10. The second kappa shape index (κ2) is 4.72. The Morgan fingerprint density at radius 2 is 1.86 bits per heavy atom. The van der Waals surface area contributed by atoms with E-state index in [0.717, 1.165) is 0 Å². The molecule has 0 saturated carbocycles. The van der Waals surface area contributed by atoms with Crippen LogP contribution in [-0.2, 0) is 0 Å². The van der Waals surface area contributed by atoms with Crippen LogP contribution in [0.25, 0.3) is 0 Å². The van der Waals surface area contributed by atoms with Gasteiger partial charge in [-0.25, -0.2) is 4.79 Å². The number of hydrogen-bond acceptors (Lipinski definition) is 3. The molecule has 0 rings (SSSR count). The van der Waals surface area contributed by atoms with Crippen molar-refractivity contribution in [3.8, 4) is 0 Å². The number of rotatable bonds is 0. The van der Waals surface area contributed by atoms with E-state index < -0.39 is 6.09 Å². The largest absolute Gasteiger partial charge is 1.00 e. The van der Waals surface area contributed by atoms with E-state index in [1.165, 1.54) is 0 Å². The fraction of sp³-hybridized carbons (Fsp3) is 0. The van der Waals surface area contributed by atoms with Crippen LogP contribution < -0.4 is 18.9 Å². The number of thiol groups is 2. The number of carboxylic acid groups (broad SMARTS) is 1. The van der Waals surface area contributed by atoms with E-state index in [2.05, 4.69) is 25.6 Å². The Labute approximate surface area is 65.8 Å². The number of nitrogens with zero attached hydrogens (tertiary/aromatic N) is 1. The summed E-state index contributed by atoms with van der Waals surface area (Å²) in [7, 11) is 0. The van der Waals surface area contributed by atoms with Crippen LogP contribution in [0.2, 0.25) is 0 Å². The van der Waals surface area contributed by atoms with Crippen molar-refractivity contribution in [1.29, 1.82) is 0 Å². The molecule has 1 N–H and O–H groups in total. The quantitative estimate of drug-likeness (QED) is 0.258. The van der Waals surface area contributed by atoms with Gasteiger partial charge in [-0.15, -0.1) is 0 Å². The fourth-order valence-electron chi connectivity index (χ4n) is 0. The third-order valence-electron chi connectivity index (χ3n) is 0.171. The fourth-order valence-corrected chi connectivity index (χ4v) is 0. The van der Waals surface area contributed by atoms with Gasteiger partial charge in [0, 0.05) is 0 Å². The van der Waals surface area contributed by atoms with Gasteiger partial charge in [-0.1, -0.05) is 0 Å². The molecular weight excluding hydrogens is 129 g/mol. The van der Waals surface area contributed by atoms with Gasteiger partial charge in [-0.05, 0) is 25.6 Å². The summed E-state index contributed by atoms with van der Waals surface area (Å²) >= 11 is 6.58. The maximum atomic E-state index is 9.47. The molecule has 0 unspecified atom stereocenters. The zero-order valence-corrected chi connectivity index (χ0v) is 5.49. The molecule has 0 aromatic carbocycles. The smallest absolute Gasteiger partial charge is 1.00 e. The Morgan fingerprint density at radius 3 is 1.86 bits per heavy atom. The molecule has 0 aliphatic rings. The Bertz CT molecular complexity index is 71.1. The van der Waals surface area contributed by atoms with Crippen LogP contribution in [0, 0.1) is 0 Å². The standard InChI is InChI=1S/CH3NO2S2.Li.H/c3-1(4)2(5)6;;/h5-6H,(H,3,4);;/q;+1;-1. The van der Waals surface area contributed by atoms with Crippen LogP contribution in [0.5, 0.6) is 0 Å². The van der Waals surface area contributed by atoms with Crippen LogP contribution in [0.4, 0.5) is 4.79 Å². The third kappa shape index (κ3) is 6.57. The summed E-state index contributed by atoms with van der Waals surface area (Å²) in [4.78, 5) is 9.47. The minimum atomic E-state index is -1.18. The zero-order chi connectivity index (χ0) is 5.15. The van der Waals surface area contributed by atoms with E-state index in [0.29, 0.717) is 3.71 Å². The summed E-state index contributed by atoms with van der Waals surface area (Å²) in [5.74, 6) is 0. The third-order valence-corrected chi connectivity index (χ3v) is 0.513. The van der Waals surface area contributed by atoms with Crippen LogP contribution in [-0.4, -0.2) is 14.9 Å². The van der Waals surface area contributed by atoms with Crippen molar-refractivity contribution in [1.82, 2.24) is 3.71 Å². The van der Waals surface area contributed by atoms with Crippen LogP contribution in [0.1, 0.15) is 1.43 Å². The average molecular weight is 133 g/mol. The monoisotopic (exact) mass is 133 g/mol. The van der Waals surface area contributed by atoms with Crippen molar-refractivity contribution in [3.05, 3.63) is 0 Å². The van der Waals surface area contributed by atoms with Crippen LogP contribution in [0.15, 0.2) is 0 Å². The Balaban J connectivity index is -0.000000125. The van der Waals surface area contributed by atoms with Crippen molar-refractivity contribution < 1.29 is 30.2 Å². The van der Waals surface area contributed by atoms with Gasteiger partial charge in [0.25, 0.3) is 0 Å². The normalized spacial score (nSPS) is 6.57. The molecule has 1 amide bonds. The summed E-state index contributed by atoms with van der Waals surface area (Å²) in [6.45, 7) is 0. The molecule has 38 valence electrons. The van der Waals surface area contributed by atoms with Crippen molar-refractivity contribution in [2.45, 2.75) is 0 Å². The molecule has 3 nitrogen and oxygen atoms in total. The maximum absolute atomic E-state index is 9.47. The van der Waals surface area contributed by atoms with E-state index in [4.69, 9.17) is 5.11 Å². The molecule has 7 heavy (non-hydrogen) atoms. The topological polar surface area (TPSA) is 40.5 Å². The average Bonchev–Trinajstić information content (AvgIpc) is 1.36. The van der Waals surface area contributed by atoms with Gasteiger partial charge in [0.2, 0.25) is 0 Å². The minimum Gasteiger partial charge on any atom is -1.00 e. The van der Waals surface area contributed by atoms with E-state index in [1.807, 2.05) is 0 Å². The molecule has 0 radical (unpaired) electrons. The van der Waals surface area contributed by atoms with Gasteiger partial charge >= 0.3 is 25.0 Å². The predicted molar refractivity (Wildman–Crippen MR) is 28.9 cm³/mol. The second-order valence-corrected chi connectivity index (χ2v) is 1.69. The van der Waals surface area contributed by atoms with E-state index >= 15 is 0 Å². The number of carbonyl (C=O) groups is 1. The van der Waals surface area contributed by atoms with Gasteiger partial charge < -0.3 is 6.53 Å². The number of amides is 1. The van der Waals surface area contributed by atoms with Crippen molar-refractivity contribution in [3.63, 3.8) is 0 Å². The molecule has 0 aromatic rings. The maximum Gasteiger partial charge on any atom is 1.00 e. The Morgan fingerprint density at radius 1 is 1.71 bits per heavy atom. The molecule has 0 aromatic heterocycles. The molecule has 0 heterocycles. The zero-order valence-electron chi connectivity index (χ0n) is 4.70. The summed E-state index contributed by atoms with van der Waals surface area (Å²) < 4.78 is 0.472. The molecule has 0 aliphatic carbocycles. The SMILES string of the molecule is O=C(O)N(S)S.[H-].[Li+]. The second-order valence-electron chi connectivity index (χ2n) is 0.572. The molecule has 0 bridgehead atoms. The van der Waals surface area contributed by atoms with Crippen molar-refractivity contribution in [2.24, 2.45) is 0 Å². The first-order valence-corrected chi connectivity index (χ1v) is 1.85. The van der Waals surface area contributed by atoms with Gasteiger partial charge in [-0.2, -0.15) is 3.71 Å². The van der Waals surface area contributed by atoms with Crippen molar-refractivity contribution in [2.75, 3.05) is 0 Å². The summed E-state index contributed by atoms with van der Waals surface area (Å²) in [6, 6.07) is 0. The Hall–Kier alpha value is 0.567. The van der Waals surface area contributed by atoms with Gasteiger partial charge in [-0.3, -0.25) is 0 Å². The van der Waals surface area contributed by atoms with Gasteiger partial charge in [0.1, 0.15) is 0 Å². The minimum absolute atomic E-state index is 0.